The Hall–Kier alpha value is -0.323. The topological polar surface area (TPSA) is 35.2 Å². The van der Waals surface area contributed by atoms with E-state index in [0.29, 0.717) is 6.61 Å². The SMILES string of the molecule is CC(C)(C)[Si](C)(C)OCc1cc(N)cc(Br)c1. The van der Waals surface area contributed by atoms with Crippen LogP contribution in [0.25, 0.3) is 0 Å². The van der Waals surface area contributed by atoms with E-state index in [2.05, 4.69) is 55.9 Å². The summed E-state index contributed by atoms with van der Waals surface area (Å²) in [5.74, 6) is 0. The van der Waals surface area contributed by atoms with Crippen LogP contribution in [0.15, 0.2) is 22.7 Å². The van der Waals surface area contributed by atoms with E-state index in [0.717, 1.165) is 15.7 Å². The molecule has 17 heavy (non-hydrogen) atoms. The van der Waals surface area contributed by atoms with E-state index in [-0.39, 0.29) is 5.04 Å². The van der Waals surface area contributed by atoms with Gasteiger partial charge in [0.25, 0.3) is 0 Å². The number of halogens is 1. The highest BCUT2D eigenvalue weighted by atomic mass is 79.9. The van der Waals surface area contributed by atoms with Crippen molar-refractivity contribution >= 4 is 29.9 Å². The van der Waals surface area contributed by atoms with Crippen LogP contribution < -0.4 is 5.73 Å². The summed E-state index contributed by atoms with van der Waals surface area (Å²) in [5.41, 5.74) is 7.71. The van der Waals surface area contributed by atoms with Gasteiger partial charge in [-0.1, -0.05) is 36.7 Å². The summed E-state index contributed by atoms with van der Waals surface area (Å²) in [6, 6.07) is 5.93. The van der Waals surface area contributed by atoms with Gasteiger partial charge >= 0.3 is 0 Å². The molecular weight excluding hydrogens is 294 g/mol. The van der Waals surface area contributed by atoms with Crippen molar-refractivity contribution in [1.82, 2.24) is 0 Å². The van der Waals surface area contributed by atoms with Crippen molar-refractivity contribution in [2.45, 2.75) is 45.5 Å². The predicted molar refractivity (Wildman–Crippen MR) is 80.5 cm³/mol. The monoisotopic (exact) mass is 315 g/mol. The van der Waals surface area contributed by atoms with E-state index in [1.807, 2.05) is 12.1 Å². The van der Waals surface area contributed by atoms with Crippen molar-refractivity contribution in [2.24, 2.45) is 0 Å². The molecule has 0 heterocycles. The van der Waals surface area contributed by atoms with Crippen LogP contribution in [0.4, 0.5) is 5.69 Å². The number of hydrogen-bond acceptors (Lipinski definition) is 2. The molecule has 0 atom stereocenters. The molecule has 1 aromatic rings. The van der Waals surface area contributed by atoms with Crippen LogP contribution in [-0.4, -0.2) is 8.32 Å². The molecule has 0 bridgehead atoms. The van der Waals surface area contributed by atoms with Crippen LogP contribution >= 0.6 is 15.9 Å². The Morgan fingerprint density at radius 2 is 1.82 bits per heavy atom. The second-order valence-corrected chi connectivity index (χ2v) is 11.7. The average molecular weight is 316 g/mol. The molecule has 2 nitrogen and oxygen atoms in total. The average Bonchev–Trinajstić information content (AvgIpc) is 2.11. The Balaban J connectivity index is 2.74. The number of nitrogens with two attached hydrogens (primary N) is 1. The molecule has 0 aliphatic heterocycles. The van der Waals surface area contributed by atoms with Crippen molar-refractivity contribution in [3.63, 3.8) is 0 Å². The first-order valence-electron chi connectivity index (χ1n) is 5.81. The lowest BCUT2D eigenvalue weighted by atomic mass is 10.2. The Kier molecular flexibility index (Phi) is 4.44. The predicted octanol–water partition coefficient (Wildman–Crippen LogP) is 4.55. The van der Waals surface area contributed by atoms with Gasteiger partial charge in [-0.05, 0) is 41.9 Å². The lowest BCUT2D eigenvalue weighted by Crippen LogP contribution is -2.40. The normalized spacial score (nSPS) is 12.8. The smallest absolute Gasteiger partial charge is 0.192 e. The number of nitrogen functional groups attached to an aromatic ring is 1. The molecule has 0 spiro atoms. The number of hydrogen-bond donors (Lipinski definition) is 1. The minimum Gasteiger partial charge on any atom is -0.413 e. The first-order valence-corrected chi connectivity index (χ1v) is 9.51. The van der Waals surface area contributed by atoms with E-state index in [1.165, 1.54) is 0 Å². The largest absolute Gasteiger partial charge is 0.413 e. The summed E-state index contributed by atoms with van der Waals surface area (Å²) in [7, 11) is -1.68. The third-order valence-electron chi connectivity index (χ3n) is 3.39. The molecular formula is C13H22BrNOSi. The van der Waals surface area contributed by atoms with Gasteiger partial charge in [0, 0.05) is 10.2 Å². The number of rotatable bonds is 3. The Morgan fingerprint density at radius 3 is 2.29 bits per heavy atom. The first-order chi connectivity index (χ1) is 7.62. The molecule has 0 unspecified atom stereocenters. The minimum atomic E-state index is -1.68. The standard InChI is InChI=1S/C13H22BrNOSi/c1-13(2,3)17(4,5)16-9-10-6-11(14)8-12(15)7-10/h6-8H,9,15H2,1-5H3. The summed E-state index contributed by atoms with van der Waals surface area (Å²) in [6.45, 7) is 11.9. The maximum Gasteiger partial charge on any atom is 0.192 e. The quantitative estimate of drug-likeness (QED) is 0.656. The Bertz CT molecular complexity index is 379. The fourth-order valence-electron chi connectivity index (χ4n) is 1.24. The molecule has 0 saturated heterocycles. The lowest BCUT2D eigenvalue weighted by molar-refractivity contribution is 0.276. The molecule has 0 aromatic heterocycles. The van der Waals surface area contributed by atoms with Gasteiger partial charge in [-0.15, -0.1) is 0 Å². The van der Waals surface area contributed by atoms with E-state index < -0.39 is 8.32 Å². The number of benzene rings is 1. The Labute approximate surface area is 114 Å². The molecule has 0 radical (unpaired) electrons. The third kappa shape index (κ3) is 4.12. The molecule has 2 N–H and O–H groups in total. The van der Waals surface area contributed by atoms with Crippen molar-refractivity contribution in [3.8, 4) is 0 Å². The van der Waals surface area contributed by atoms with Crippen LogP contribution in [-0.2, 0) is 11.0 Å². The van der Waals surface area contributed by atoms with Gasteiger partial charge < -0.3 is 10.2 Å². The number of anilines is 1. The highest BCUT2D eigenvalue weighted by Crippen LogP contribution is 2.37. The summed E-state index contributed by atoms with van der Waals surface area (Å²) in [6.07, 6.45) is 0. The van der Waals surface area contributed by atoms with Gasteiger partial charge in [-0.2, -0.15) is 0 Å². The molecule has 0 amide bonds. The van der Waals surface area contributed by atoms with Crippen LogP contribution in [0.1, 0.15) is 26.3 Å². The van der Waals surface area contributed by atoms with Gasteiger partial charge in [-0.3, -0.25) is 0 Å². The van der Waals surface area contributed by atoms with Crippen molar-refractivity contribution in [2.75, 3.05) is 5.73 Å². The van der Waals surface area contributed by atoms with Crippen LogP contribution in [0.3, 0.4) is 0 Å². The summed E-state index contributed by atoms with van der Waals surface area (Å²) in [5, 5.41) is 0.241. The zero-order valence-electron chi connectivity index (χ0n) is 11.3. The first kappa shape index (κ1) is 14.7. The maximum absolute atomic E-state index is 6.15. The van der Waals surface area contributed by atoms with Gasteiger partial charge in [0.05, 0.1) is 6.61 Å². The zero-order valence-corrected chi connectivity index (χ0v) is 13.9. The fourth-order valence-corrected chi connectivity index (χ4v) is 2.76. The van der Waals surface area contributed by atoms with Crippen molar-refractivity contribution in [3.05, 3.63) is 28.2 Å². The minimum absolute atomic E-state index is 0.241. The molecule has 1 aromatic carbocycles. The maximum atomic E-state index is 6.15. The second kappa shape index (κ2) is 5.12. The molecule has 4 heteroatoms. The molecule has 1 rings (SSSR count). The van der Waals surface area contributed by atoms with Crippen molar-refractivity contribution < 1.29 is 4.43 Å². The third-order valence-corrected chi connectivity index (χ3v) is 8.32. The summed E-state index contributed by atoms with van der Waals surface area (Å²) >= 11 is 3.45. The van der Waals surface area contributed by atoms with Gasteiger partial charge in [-0.25, -0.2) is 0 Å². The van der Waals surface area contributed by atoms with E-state index in [4.69, 9.17) is 10.2 Å². The fraction of sp³-hybridized carbons (Fsp3) is 0.538. The molecule has 0 fully saturated rings. The molecule has 0 aliphatic rings. The molecule has 0 aliphatic carbocycles. The van der Waals surface area contributed by atoms with E-state index in [1.54, 1.807) is 0 Å². The van der Waals surface area contributed by atoms with Crippen molar-refractivity contribution in [1.29, 1.82) is 0 Å². The van der Waals surface area contributed by atoms with E-state index in [9.17, 15) is 0 Å². The highest BCUT2D eigenvalue weighted by molar-refractivity contribution is 9.10. The summed E-state index contributed by atoms with van der Waals surface area (Å²) < 4.78 is 7.16. The zero-order chi connectivity index (χ0) is 13.3. The van der Waals surface area contributed by atoms with Gasteiger partial charge in [0.2, 0.25) is 0 Å². The lowest BCUT2D eigenvalue weighted by Gasteiger charge is -2.36. The van der Waals surface area contributed by atoms with Crippen LogP contribution in [0.5, 0.6) is 0 Å². The Morgan fingerprint density at radius 1 is 1.24 bits per heavy atom. The van der Waals surface area contributed by atoms with E-state index >= 15 is 0 Å². The molecule has 0 saturated carbocycles. The van der Waals surface area contributed by atoms with Crippen LogP contribution in [0, 0.1) is 0 Å². The van der Waals surface area contributed by atoms with Gasteiger partial charge in [0.15, 0.2) is 8.32 Å². The van der Waals surface area contributed by atoms with Crippen LogP contribution in [0.2, 0.25) is 18.1 Å². The second-order valence-electron chi connectivity index (χ2n) is 5.94. The molecule has 96 valence electrons. The highest BCUT2D eigenvalue weighted by Gasteiger charge is 2.36. The summed E-state index contributed by atoms with van der Waals surface area (Å²) in [4.78, 5) is 0. The van der Waals surface area contributed by atoms with Gasteiger partial charge in [0.1, 0.15) is 0 Å².